The third-order valence-electron chi connectivity index (χ3n) is 3.54. The highest BCUT2D eigenvalue weighted by Crippen LogP contribution is 2.26. The fourth-order valence-electron chi connectivity index (χ4n) is 2.55. The first-order valence-corrected chi connectivity index (χ1v) is 6.25. The molecule has 0 spiro atoms. The molecule has 1 aliphatic rings. The van der Waals surface area contributed by atoms with Gasteiger partial charge in [0.1, 0.15) is 5.82 Å². The maximum Gasteiger partial charge on any atom is 0.180 e. The van der Waals surface area contributed by atoms with E-state index in [4.69, 9.17) is 5.73 Å². The van der Waals surface area contributed by atoms with E-state index in [9.17, 15) is 5.11 Å². The molecule has 2 heterocycles. The molecule has 1 saturated carbocycles. The monoisotopic (exact) mass is 247 g/mol. The van der Waals surface area contributed by atoms with Gasteiger partial charge in [-0.3, -0.25) is 0 Å². The Kier molecular flexibility index (Phi) is 2.79. The first-order chi connectivity index (χ1) is 8.74. The molecule has 0 aromatic carbocycles. The van der Waals surface area contributed by atoms with Gasteiger partial charge in [-0.2, -0.15) is 0 Å². The molecule has 0 radical (unpaired) electrons. The highest BCUT2D eigenvalue weighted by Gasteiger charge is 2.25. The predicted octanol–water partition coefficient (Wildman–Crippen LogP) is 0.884. The SMILES string of the molecule is Nc1cn2ccnc2c(NCC2CCCC2O)n1. The fourth-order valence-corrected chi connectivity index (χ4v) is 2.55. The van der Waals surface area contributed by atoms with Gasteiger partial charge in [0.05, 0.1) is 12.3 Å². The van der Waals surface area contributed by atoms with Crippen molar-refractivity contribution < 1.29 is 5.11 Å². The van der Waals surface area contributed by atoms with Crippen LogP contribution in [0.3, 0.4) is 0 Å². The van der Waals surface area contributed by atoms with Crippen molar-refractivity contribution in [2.24, 2.45) is 5.92 Å². The van der Waals surface area contributed by atoms with E-state index >= 15 is 0 Å². The summed E-state index contributed by atoms with van der Waals surface area (Å²) in [5.74, 6) is 1.43. The number of aliphatic hydroxyl groups is 1. The summed E-state index contributed by atoms with van der Waals surface area (Å²) in [5.41, 5.74) is 6.51. The van der Waals surface area contributed by atoms with Crippen LogP contribution in [-0.4, -0.2) is 32.1 Å². The Morgan fingerprint density at radius 1 is 1.50 bits per heavy atom. The number of hydrogen-bond donors (Lipinski definition) is 3. The summed E-state index contributed by atoms with van der Waals surface area (Å²) in [6, 6.07) is 0. The number of aromatic nitrogens is 3. The minimum absolute atomic E-state index is 0.200. The van der Waals surface area contributed by atoms with Crippen LogP contribution in [-0.2, 0) is 0 Å². The second-order valence-electron chi connectivity index (χ2n) is 4.81. The third-order valence-corrected chi connectivity index (χ3v) is 3.54. The topological polar surface area (TPSA) is 88.5 Å². The number of nitrogen functional groups attached to an aromatic ring is 1. The number of rotatable bonds is 3. The van der Waals surface area contributed by atoms with Crippen molar-refractivity contribution in [3.63, 3.8) is 0 Å². The standard InChI is InChI=1S/C12H17N5O/c13-10-7-17-5-4-14-12(17)11(16-10)15-6-8-2-1-3-9(8)18/h4-5,7-9,18H,1-3,6,13H2,(H,15,16). The Morgan fingerprint density at radius 3 is 3.17 bits per heavy atom. The van der Waals surface area contributed by atoms with Gasteiger partial charge in [-0.15, -0.1) is 0 Å². The highest BCUT2D eigenvalue weighted by molar-refractivity contribution is 5.64. The van der Waals surface area contributed by atoms with Crippen LogP contribution in [0.15, 0.2) is 18.6 Å². The van der Waals surface area contributed by atoms with Gasteiger partial charge < -0.3 is 20.6 Å². The molecule has 3 rings (SSSR count). The summed E-state index contributed by atoms with van der Waals surface area (Å²) in [6.07, 6.45) is 8.13. The van der Waals surface area contributed by atoms with Gasteiger partial charge in [0.25, 0.3) is 0 Å². The van der Waals surface area contributed by atoms with Crippen LogP contribution < -0.4 is 11.1 Å². The average molecular weight is 247 g/mol. The molecule has 2 unspecified atom stereocenters. The van der Waals surface area contributed by atoms with Crippen LogP contribution in [0.4, 0.5) is 11.6 Å². The molecular weight excluding hydrogens is 230 g/mol. The lowest BCUT2D eigenvalue weighted by Crippen LogP contribution is -2.22. The summed E-state index contributed by atoms with van der Waals surface area (Å²) in [5, 5.41) is 13.0. The maximum absolute atomic E-state index is 9.79. The number of hydrogen-bond acceptors (Lipinski definition) is 5. The summed E-state index contributed by atoms with van der Waals surface area (Å²) in [6.45, 7) is 0.708. The first kappa shape index (κ1) is 11.3. The van der Waals surface area contributed by atoms with E-state index < -0.39 is 0 Å². The van der Waals surface area contributed by atoms with E-state index in [-0.39, 0.29) is 6.10 Å². The normalized spacial score (nSPS) is 23.6. The number of imidazole rings is 1. The number of nitrogens with one attached hydrogen (secondary N) is 1. The molecule has 2 atom stereocenters. The predicted molar refractivity (Wildman–Crippen MR) is 69.2 cm³/mol. The van der Waals surface area contributed by atoms with Crippen molar-refractivity contribution >= 4 is 17.3 Å². The van der Waals surface area contributed by atoms with E-state index in [1.54, 1.807) is 12.4 Å². The van der Waals surface area contributed by atoms with Gasteiger partial charge in [-0.05, 0) is 12.8 Å². The van der Waals surface area contributed by atoms with Crippen LogP contribution in [0.25, 0.3) is 5.65 Å². The molecule has 0 saturated heterocycles. The molecule has 4 N–H and O–H groups in total. The van der Waals surface area contributed by atoms with Crippen molar-refractivity contribution in [2.45, 2.75) is 25.4 Å². The summed E-state index contributed by atoms with van der Waals surface area (Å²) in [4.78, 5) is 8.51. The molecule has 18 heavy (non-hydrogen) atoms. The number of aliphatic hydroxyl groups excluding tert-OH is 1. The van der Waals surface area contributed by atoms with Gasteiger partial charge in [0.2, 0.25) is 0 Å². The molecule has 6 heteroatoms. The Morgan fingerprint density at radius 2 is 2.39 bits per heavy atom. The van der Waals surface area contributed by atoms with Crippen LogP contribution in [0, 0.1) is 5.92 Å². The zero-order valence-electron chi connectivity index (χ0n) is 10.1. The van der Waals surface area contributed by atoms with E-state index in [2.05, 4.69) is 15.3 Å². The Labute approximate surface area is 105 Å². The maximum atomic E-state index is 9.79. The van der Waals surface area contributed by atoms with E-state index in [1.807, 2.05) is 10.6 Å². The van der Waals surface area contributed by atoms with Crippen molar-refractivity contribution in [2.75, 3.05) is 17.6 Å². The summed E-state index contributed by atoms with van der Waals surface area (Å²) in [7, 11) is 0. The van der Waals surface area contributed by atoms with Crippen LogP contribution >= 0.6 is 0 Å². The molecule has 0 amide bonds. The molecule has 1 fully saturated rings. The molecule has 0 bridgehead atoms. The van der Waals surface area contributed by atoms with Gasteiger partial charge in [-0.25, -0.2) is 9.97 Å². The Bertz CT molecular complexity index is 552. The highest BCUT2D eigenvalue weighted by atomic mass is 16.3. The van der Waals surface area contributed by atoms with Gasteiger partial charge in [0.15, 0.2) is 11.5 Å². The van der Waals surface area contributed by atoms with Crippen LogP contribution in [0.1, 0.15) is 19.3 Å². The smallest absolute Gasteiger partial charge is 0.180 e. The van der Waals surface area contributed by atoms with Crippen molar-refractivity contribution in [1.29, 1.82) is 0 Å². The zero-order valence-corrected chi connectivity index (χ0v) is 10.1. The molecule has 1 aliphatic carbocycles. The van der Waals surface area contributed by atoms with E-state index in [0.29, 0.717) is 24.1 Å². The fraction of sp³-hybridized carbons (Fsp3) is 0.500. The molecule has 2 aromatic heterocycles. The quantitative estimate of drug-likeness (QED) is 0.749. The van der Waals surface area contributed by atoms with Gasteiger partial charge >= 0.3 is 0 Å². The van der Waals surface area contributed by atoms with Crippen molar-refractivity contribution in [3.05, 3.63) is 18.6 Å². The average Bonchev–Trinajstić information content (AvgIpc) is 2.94. The second-order valence-corrected chi connectivity index (χ2v) is 4.81. The molecule has 96 valence electrons. The lowest BCUT2D eigenvalue weighted by molar-refractivity contribution is 0.138. The van der Waals surface area contributed by atoms with E-state index in [1.165, 1.54) is 0 Å². The lowest BCUT2D eigenvalue weighted by atomic mass is 10.1. The minimum atomic E-state index is -0.200. The molecular formula is C12H17N5O. The Balaban J connectivity index is 1.79. The lowest BCUT2D eigenvalue weighted by Gasteiger charge is -2.15. The van der Waals surface area contributed by atoms with Gasteiger partial charge in [0, 0.05) is 24.9 Å². The summed E-state index contributed by atoms with van der Waals surface area (Å²) >= 11 is 0. The van der Waals surface area contributed by atoms with Crippen molar-refractivity contribution in [3.8, 4) is 0 Å². The first-order valence-electron chi connectivity index (χ1n) is 6.25. The van der Waals surface area contributed by atoms with Crippen LogP contribution in [0.2, 0.25) is 0 Å². The number of fused-ring (bicyclic) bond motifs is 1. The number of nitrogens with two attached hydrogens (primary N) is 1. The molecule has 0 aliphatic heterocycles. The largest absolute Gasteiger partial charge is 0.393 e. The minimum Gasteiger partial charge on any atom is -0.393 e. The second kappa shape index (κ2) is 4.45. The number of nitrogens with zero attached hydrogens (tertiary/aromatic N) is 3. The molecule has 2 aromatic rings. The zero-order chi connectivity index (χ0) is 12.5. The van der Waals surface area contributed by atoms with Gasteiger partial charge in [-0.1, -0.05) is 6.42 Å². The third kappa shape index (κ3) is 1.99. The number of anilines is 2. The summed E-state index contributed by atoms with van der Waals surface area (Å²) < 4.78 is 1.84. The molecule has 6 nitrogen and oxygen atoms in total. The Hall–Kier alpha value is -1.82. The van der Waals surface area contributed by atoms with Crippen molar-refractivity contribution in [1.82, 2.24) is 14.4 Å². The van der Waals surface area contributed by atoms with E-state index in [0.717, 1.165) is 24.9 Å². The van der Waals surface area contributed by atoms with Crippen LogP contribution in [0.5, 0.6) is 0 Å².